The average molecular weight is 269 g/mol. The highest BCUT2D eigenvalue weighted by atomic mass is 35.5. The number of hydrogen-bond donors (Lipinski definition) is 1. The Labute approximate surface area is 114 Å². The first-order valence-corrected chi connectivity index (χ1v) is 6.61. The molecule has 4 heteroatoms. The molecule has 0 saturated heterocycles. The molecule has 0 fully saturated rings. The van der Waals surface area contributed by atoms with Gasteiger partial charge in [-0.3, -0.25) is 4.98 Å². The van der Waals surface area contributed by atoms with Gasteiger partial charge in [0.25, 0.3) is 0 Å². The summed E-state index contributed by atoms with van der Waals surface area (Å²) in [6, 6.07) is 4.00. The Morgan fingerprint density at radius 2 is 2.28 bits per heavy atom. The topological polar surface area (TPSA) is 48.1 Å². The van der Waals surface area contributed by atoms with Crippen LogP contribution in [0.3, 0.4) is 0 Å². The van der Waals surface area contributed by atoms with Gasteiger partial charge in [0.05, 0.1) is 5.69 Å². The Morgan fingerprint density at radius 1 is 1.56 bits per heavy atom. The van der Waals surface area contributed by atoms with Crippen molar-refractivity contribution in [2.75, 3.05) is 6.61 Å². The predicted molar refractivity (Wildman–Crippen MR) is 76.0 cm³/mol. The second kappa shape index (κ2) is 7.39. The summed E-state index contributed by atoms with van der Waals surface area (Å²) < 4.78 is 5.72. The molecule has 0 bridgehead atoms. The summed E-state index contributed by atoms with van der Waals surface area (Å²) in [5, 5.41) is 0. The molecule has 0 radical (unpaired) electrons. The van der Waals surface area contributed by atoms with Crippen LogP contribution >= 0.6 is 11.6 Å². The van der Waals surface area contributed by atoms with Crippen molar-refractivity contribution in [3.63, 3.8) is 0 Å². The second-order valence-electron chi connectivity index (χ2n) is 4.51. The third-order valence-electron chi connectivity index (χ3n) is 2.69. The van der Waals surface area contributed by atoms with Gasteiger partial charge < -0.3 is 10.5 Å². The van der Waals surface area contributed by atoms with Crippen molar-refractivity contribution in [2.24, 2.45) is 5.73 Å². The molecule has 1 heterocycles. The van der Waals surface area contributed by atoms with Crippen LogP contribution in [0.15, 0.2) is 23.2 Å². The van der Waals surface area contributed by atoms with Crippen LogP contribution in [-0.2, 0) is 6.42 Å². The average Bonchev–Trinajstić information content (AvgIpc) is 2.37. The summed E-state index contributed by atoms with van der Waals surface area (Å²) in [5.74, 6) is 0.794. The highest BCUT2D eigenvalue weighted by Crippen LogP contribution is 2.19. The van der Waals surface area contributed by atoms with Gasteiger partial charge in [0.15, 0.2) is 0 Å². The van der Waals surface area contributed by atoms with E-state index in [1.54, 1.807) is 0 Å². The van der Waals surface area contributed by atoms with Crippen molar-refractivity contribution < 1.29 is 4.74 Å². The Kier molecular flexibility index (Phi) is 6.16. The molecule has 1 atom stereocenters. The summed E-state index contributed by atoms with van der Waals surface area (Å²) in [6.07, 6.45) is 1.66. The normalized spacial score (nSPS) is 13.5. The van der Waals surface area contributed by atoms with Gasteiger partial charge in [0.1, 0.15) is 12.4 Å². The predicted octanol–water partition coefficient (Wildman–Crippen LogP) is 3.19. The van der Waals surface area contributed by atoms with Crippen LogP contribution in [0.5, 0.6) is 5.75 Å². The fourth-order valence-electron chi connectivity index (χ4n) is 1.49. The third kappa shape index (κ3) is 4.67. The number of nitrogens with zero attached hydrogens (tertiary/aromatic N) is 1. The zero-order chi connectivity index (χ0) is 13.5. The molecular weight excluding hydrogens is 248 g/mol. The van der Waals surface area contributed by atoms with Gasteiger partial charge in [-0.1, -0.05) is 18.5 Å². The minimum absolute atomic E-state index is 0.117. The largest absolute Gasteiger partial charge is 0.487 e. The lowest BCUT2D eigenvalue weighted by atomic mass is 10.1. The van der Waals surface area contributed by atoms with Gasteiger partial charge in [0.2, 0.25) is 0 Å². The van der Waals surface area contributed by atoms with E-state index in [1.165, 1.54) is 5.54 Å². The van der Waals surface area contributed by atoms with Crippen molar-refractivity contribution in [3.05, 3.63) is 34.6 Å². The maximum absolute atomic E-state index is 5.98. The van der Waals surface area contributed by atoms with Gasteiger partial charge in [0, 0.05) is 23.7 Å². The first kappa shape index (κ1) is 15.0. The number of ether oxygens (including phenoxy) is 1. The van der Waals surface area contributed by atoms with Gasteiger partial charge >= 0.3 is 0 Å². The standard InChI is InChI=1S/C14H21ClN2O/c1-4-12(16)7-13-14(6-5-11(3)17-13)18-9-10(2)8-15/h5-6,8,12H,4,7,9,16H2,1-3H3/b10-8+. The summed E-state index contributed by atoms with van der Waals surface area (Å²) in [7, 11) is 0. The molecule has 0 amide bonds. The molecule has 0 saturated carbocycles. The first-order valence-electron chi connectivity index (χ1n) is 6.17. The van der Waals surface area contributed by atoms with Gasteiger partial charge in [-0.15, -0.1) is 0 Å². The van der Waals surface area contributed by atoms with Crippen LogP contribution in [0.2, 0.25) is 0 Å². The van der Waals surface area contributed by atoms with Gasteiger partial charge in [-0.25, -0.2) is 0 Å². The molecule has 1 rings (SSSR count). The number of hydrogen-bond acceptors (Lipinski definition) is 3. The third-order valence-corrected chi connectivity index (χ3v) is 3.07. The Hall–Kier alpha value is -1.06. The van der Waals surface area contributed by atoms with Crippen LogP contribution in [-0.4, -0.2) is 17.6 Å². The van der Waals surface area contributed by atoms with Crippen molar-refractivity contribution in [1.82, 2.24) is 4.98 Å². The lowest BCUT2D eigenvalue weighted by Crippen LogP contribution is -2.22. The van der Waals surface area contributed by atoms with E-state index in [4.69, 9.17) is 22.1 Å². The SMILES string of the molecule is CCC(N)Cc1nc(C)ccc1OC/C(C)=C/Cl. The number of aromatic nitrogens is 1. The van der Waals surface area contributed by atoms with Crippen LogP contribution in [0.1, 0.15) is 31.7 Å². The highest BCUT2D eigenvalue weighted by Gasteiger charge is 2.10. The highest BCUT2D eigenvalue weighted by molar-refractivity contribution is 6.25. The van der Waals surface area contributed by atoms with E-state index in [1.807, 2.05) is 26.0 Å². The fraction of sp³-hybridized carbons (Fsp3) is 0.500. The number of pyridine rings is 1. The monoisotopic (exact) mass is 268 g/mol. The minimum Gasteiger partial charge on any atom is -0.487 e. The van der Waals surface area contributed by atoms with Crippen molar-refractivity contribution in [3.8, 4) is 5.75 Å². The van der Waals surface area contributed by atoms with E-state index in [2.05, 4.69) is 11.9 Å². The Balaban J connectivity index is 2.82. The van der Waals surface area contributed by atoms with Crippen molar-refractivity contribution in [2.45, 2.75) is 39.7 Å². The van der Waals surface area contributed by atoms with E-state index in [-0.39, 0.29) is 6.04 Å². The number of aryl methyl sites for hydroxylation is 1. The quantitative estimate of drug-likeness (QED) is 0.862. The summed E-state index contributed by atoms with van der Waals surface area (Å²) >= 11 is 5.61. The molecule has 0 spiro atoms. The molecule has 1 aromatic heterocycles. The Bertz CT molecular complexity index is 418. The summed E-state index contributed by atoms with van der Waals surface area (Å²) in [5.41, 5.74) is 10.4. The summed E-state index contributed by atoms with van der Waals surface area (Å²) in [4.78, 5) is 4.51. The lowest BCUT2D eigenvalue weighted by molar-refractivity contribution is 0.345. The molecule has 2 N–H and O–H groups in total. The molecule has 0 aliphatic rings. The first-order chi connectivity index (χ1) is 8.56. The van der Waals surface area contributed by atoms with E-state index >= 15 is 0 Å². The van der Waals surface area contributed by atoms with Gasteiger partial charge in [-0.05, 0) is 38.0 Å². The fourth-order valence-corrected chi connectivity index (χ4v) is 1.55. The molecule has 0 aliphatic carbocycles. The van der Waals surface area contributed by atoms with E-state index in [0.29, 0.717) is 6.61 Å². The van der Waals surface area contributed by atoms with Crippen molar-refractivity contribution >= 4 is 11.6 Å². The van der Waals surface area contributed by atoms with E-state index in [9.17, 15) is 0 Å². The Morgan fingerprint density at radius 3 is 2.89 bits per heavy atom. The van der Waals surface area contributed by atoms with Crippen LogP contribution < -0.4 is 10.5 Å². The minimum atomic E-state index is 0.117. The van der Waals surface area contributed by atoms with E-state index in [0.717, 1.165) is 35.6 Å². The van der Waals surface area contributed by atoms with E-state index < -0.39 is 0 Å². The maximum atomic E-state index is 5.98. The molecular formula is C14H21ClN2O. The lowest BCUT2D eigenvalue weighted by Gasteiger charge is -2.14. The number of halogens is 1. The molecule has 0 aliphatic heterocycles. The molecule has 1 aromatic rings. The van der Waals surface area contributed by atoms with Crippen LogP contribution in [0, 0.1) is 6.92 Å². The number of nitrogens with two attached hydrogens (primary N) is 1. The van der Waals surface area contributed by atoms with Gasteiger partial charge in [-0.2, -0.15) is 0 Å². The molecule has 1 unspecified atom stereocenters. The molecule has 18 heavy (non-hydrogen) atoms. The smallest absolute Gasteiger partial charge is 0.141 e. The zero-order valence-corrected chi connectivity index (χ0v) is 12.0. The number of rotatable bonds is 6. The molecule has 3 nitrogen and oxygen atoms in total. The summed E-state index contributed by atoms with van der Waals surface area (Å²) in [6.45, 7) is 6.44. The zero-order valence-electron chi connectivity index (χ0n) is 11.2. The second-order valence-corrected chi connectivity index (χ2v) is 4.73. The maximum Gasteiger partial charge on any atom is 0.141 e. The van der Waals surface area contributed by atoms with Crippen LogP contribution in [0.4, 0.5) is 0 Å². The molecule has 0 aromatic carbocycles. The molecule has 100 valence electrons. The van der Waals surface area contributed by atoms with Crippen LogP contribution in [0.25, 0.3) is 0 Å². The van der Waals surface area contributed by atoms with Crippen molar-refractivity contribution in [1.29, 1.82) is 0 Å².